The van der Waals surface area contributed by atoms with Crippen molar-refractivity contribution >= 4 is 5.97 Å². The van der Waals surface area contributed by atoms with Crippen molar-refractivity contribution in [3.63, 3.8) is 0 Å². The maximum absolute atomic E-state index is 11.7. The molecule has 0 spiro atoms. The van der Waals surface area contributed by atoms with Crippen LogP contribution in [-0.4, -0.2) is 34.7 Å². The van der Waals surface area contributed by atoms with Crippen LogP contribution in [0.25, 0.3) is 0 Å². The molecule has 6 nitrogen and oxygen atoms in total. The van der Waals surface area contributed by atoms with Crippen molar-refractivity contribution in [2.75, 3.05) is 13.7 Å². The summed E-state index contributed by atoms with van der Waals surface area (Å²) in [6, 6.07) is 8.00. The van der Waals surface area contributed by atoms with Gasteiger partial charge in [-0.15, -0.1) is 5.10 Å². The number of ether oxygens (including phenoxy) is 2. The lowest BCUT2D eigenvalue weighted by molar-refractivity contribution is 0.0592. The normalized spacial score (nSPS) is 16.4. The third-order valence-electron chi connectivity index (χ3n) is 3.74. The molecule has 0 aliphatic carbocycles. The summed E-state index contributed by atoms with van der Waals surface area (Å²) < 4.78 is 12.2. The first-order valence-corrected chi connectivity index (χ1v) is 6.97. The van der Waals surface area contributed by atoms with Crippen molar-refractivity contribution in [2.24, 2.45) is 0 Å². The Balaban J connectivity index is 1.86. The quantitative estimate of drug-likeness (QED) is 0.802. The molecule has 1 aliphatic rings. The molecule has 0 fully saturated rings. The topological polar surface area (TPSA) is 66.2 Å². The molecule has 1 unspecified atom stereocenters. The van der Waals surface area contributed by atoms with Crippen LogP contribution in [0, 0.1) is 0 Å². The van der Waals surface area contributed by atoms with E-state index in [2.05, 4.69) is 16.4 Å². The van der Waals surface area contributed by atoms with E-state index in [9.17, 15) is 4.79 Å². The molecule has 1 aliphatic heterocycles. The van der Waals surface area contributed by atoms with E-state index in [1.807, 2.05) is 25.1 Å². The number of nitrogens with zero attached hydrogens (tertiary/aromatic N) is 3. The molecule has 6 heteroatoms. The minimum atomic E-state index is -0.443. The number of carbonyl (C=O) groups excluding carboxylic acids is 1. The molecular formula is C15H17N3O3. The van der Waals surface area contributed by atoms with Crippen molar-refractivity contribution in [3.8, 4) is 5.75 Å². The van der Waals surface area contributed by atoms with Crippen molar-refractivity contribution in [3.05, 3.63) is 41.2 Å². The van der Waals surface area contributed by atoms with E-state index in [0.717, 1.165) is 11.4 Å². The second-order valence-electron chi connectivity index (χ2n) is 4.96. The summed E-state index contributed by atoms with van der Waals surface area (Å²) in [5.74, 6) is 0.703. The van der Waals surface area contributed by atoms with Crippen molar-refractivity contribution in [2.45, 2.75) is 25.8 Å². The second-order valence-corrected chi connectivity index (χ2v) is 4.96. The molecule has 2 heterocycles. The molecule has 0 amide bonds. The van der Waals surface area contributed by atoms with Gasteiger partial charge in [-0.3, -0.25) is 0 Å². The van der Waals surface area contributed by atoms with Gasteiger partial charge < -0.3 is 9.47 Å². The van der Waals surface area contributed by atoms with Gasteiger partial charge in [0.25, 0.3) is 0 Å². The Labute approximate surface area is 122 Å². The first-order valence-electron chi connectivity index (χ1n) is 6.97. The Hall–Kier alpha value is -2.37. The minimum Gasteiger partial charge on any atom is -0.493 e. The highest BCUT2D eigenvalue weighted by Crippen LogP contribution is 2.34. The molecule has 21 heavy (non-hydrogen) atoms. The SMILES string of the molecule is CCc1c(C(=O)OC)nnn1CC1COc2ccccc21. The lowest BCUT2D eigenvalue weighted by atomic mass is 10.0. The molecule has 0 N–H and O–H groups in total. The van der Waals surface area contributed by atoms with Gasteiger partial charge in [-0.1, -0.05) is 30.3 Å². The van der Waals surface area contributed by atoms with Crippen LogP contribution in [0.3, 0.4) is 0 Å². The number of rotatable bonds is 4. The molecule has 1 atom stereocenters. The van der Waals surface area contributed by atoms with E-state index in [-0.39, 0.29) is 5.92 Å². The molecule has 3 rings (SSSR count). The van der Waals surface area contributed by atoms with Crippen LogP contribution < -0.4 is 4.74 Å². The number of carbonyl (C=O) groups is 1. The predicted molar refractivity (Wildman–Crippen MR) is 75.4 cm³/mol. The Morgan fingerprint density at radius 2 is 2.29 bits per heavy atom. The van der Waals surface area contributed by atoms with Crippen LogP contribution in [0.15, 0.2) is 24.3 Å². The molecule has 1 aromatic carbocycles. The highest BCUT2D eigenvalue weighted by Gasteiger charge is 2.27. The van der Waals surface area contributed by atoms with Gasteiger partial charge in [-0.2, -0.15) is 0 Å². The highest BCUT2D eigenvalue weighted by atomic mass is 16.5. The zero-order chi connectivity index (χ0) is 14.8. The molecule has 0 saturated heterocycles. The summed E-state index contributed by atoms with van der Waals surface area (Å²) >= 11 is 0. The van der Waals surface area contributed by atoms with Gasteiger partial charge in [0, 0.05) is 11.5 Å². The number of esters is 1. The van der Waals surface area contributed by atoms with Crippen molar-refractivity contribution in [1.82, 2.24) is 15.0 Å². The van der Waals surface area contributed by atoms with E-state index in [1.54, 1.807) is 4.68 Å². The van der Waals surface area contributed by atoms with Crippen LogP contribution in [0.1, 0.15) is 34.6 Å². The van der Waals surface area contributed by atoms with Gasteiger partial charge >= 0.3 is 5.97 Å². The van der Waals surface area contributed by atoms with Gasteiger partial charge in [0.15, 0.2) is 5.69 Å². The molecule has 2 aromatic rings. The molecule has 1 aromatic heterocycles. The van der Waals surface area contributed by atoms with Crippen LogP contribution in [0.5, 0.6) is 5.75 Å². The van der Waals surface area contributed by atoms with E-state index in [1.165, 1.54) is 12.7 Å². The van der Waals surface area contributed by atoms with Gasteiger partial charge in [-0.05, 0) is 12.5 Å². The first-order chi connectivity index (χ1) is 10.2. The Bertz CT molecular complexity index is 666. The third-order valence-corrected chi connectivity index (χ3v) is 3.74. The first kappa shape index (κ1) is 13.6. The van der Waals surface area contributed by atoms with Crippen LogP contribution >= 0.6 is 0 Å². The zero-order valence-electron chi connectivity index (χ0n) is 12.1. The van der Waals surface area contributed by atoms with Crippen LogP contribution in [0.4, 0.5) is 0 Å². The lowest BCUT2D eigenvalue weighted by Crippen LogP contribution is -2.15. The van der Waals surface area contributed by atoms with Gasteiger partial charge in [-0.25, -0.2) is 9.48 Å². The van der Waals surface area contributed by atoms with Gasteiger partial charge in [0.2, 0.25) is 0 Å². The molecule has 110 valence electrons. The number of para-hydroxylation sites is 1. The fourth-order valence-corrected chi connectivity index (χ4v) is 2.67. The Morgan fingerprint density at radius 3 is 3.05 bits per heavy atom. The summed E-state index contributed by atoms with van der Waals surface area (Å²) in [7, 11) is 1.35. The van der Waals surface area contributed by atoms with E-state index >= 15 is 0 Å². The van der Waals surface area contributed by atoms with Crippen molar-refractivity contribution in [1.29, 1.82) is 0 Å². The zero-order valence-corrected chi connectivity index (χ0v) is 12.1. The van der Waals surface area contributed by atoms with Crippen LogP contribution in [0.2, 0.25) is 0 Å². The van der Waals surface area contributed by atoms with Crippen molar-refractivity contribution < 1.29 is 14.3 Å². The number of hydrogen-bond donors (Lipinski definition) is 0. The summed E-state index contributed by atoms with van der Waals surface area (Å²) in [4.78, 5) is 11.7. The fourth-order valence-electron chi connectivity index (χ4n) is 2.67. The van der Waals surface area contributed by atoms with Gasteiger partial charge in [0.05, 0.1) is 26.0 Å². The number of methoxy groups -OCH3 is 1. The highest BCUT2D eigenvalue weighted by molar-refractivity contribution is 5.88. The fraction of sp³-hybridized carbons (Fsp3) is 0.400. The average Bonchev–Trinajstić information content (AvgIpc) is 3.11. The minimum absolute atomic E-state index is 0.221. The molecular weight excluding hydrogens is 270 g/mol. The standard InChI is InChI=1S/C15H17N3O3/c1-3-12-14(15(19)20-2)16-17-18(12)8-10-9-21-13-7-5-4-6-11(10)13/h4-7,10H,3,8-9H2,1-2H3. The maximum Gasteiger partial charge on any atom is 0.360 e. The molecule has 0 radical (unpaired) electrons. The Morgan fingerprint density at radius 1 is 1.48 bits per heavy atom. The van der Waals surface area contributed by atoms with E-state index in [4.69, 9.17) is 9.47 Å². The number of benzene rings is 1. The maximum atomic E-state index is 11.7. The summed E-state index contributed by atoms with van der Waals surface area (Å²) in [6.45, 7) is 3.24. The lowest BCUT2D eigenvalue weighted by Gasteiger charge is -2.11. The number of aromatic nitrogens is 3. The summed E-state index contributed by atoms with van der Waals surface area (Å²) in [6.07, 6.45) is 0.673. The average molecular weight is 287 g/mol. The monoisotopic (exact) mass is 287 g/mol. The number of fused-ring (bicyclic) bond motifs is 1. The summed E-state index contributed by atoms with van der Waals surface area (Å²) in [5, 5.41) is 8.06. The second kappa shape index (κ2) is 5.55. The van der Waals surface area contributed by atoms with E-state index in [0.29, 0.717) is 25.3 Å². The number of hydrogen-bond acceptors (Lipinski definition) is 5. The summed E-state index contributed by atoms with van der Waals surface area (Å²) in [5.41, 5.74) is 2.27. The van der Waals surface area contributed by atoms with E-state index < -0.39 is 5.97 Å². The smallest absolute Gasteiger partial charge is 0.360 e. The predicted octanol–water partition coefficient (Wildman–Crippen LogP) is 1.80. The molecule has 0 saturated carbocycles. The molecule has 0 bridgehead atoms. The Kier molecular flexibility index (Phi) is 3.60. The van der Waals surface area contributed by atoms with Gasteiger partial charge in [0.1, 0.15) is 5.75 Å². The third kappa shape index (κ3) is 2.37. The largest absolute Gasteiger partial charge is 0.493 e. The van der Waals surface area contributed by atoms with Crippen LogP contribution in [-0.2, 0) is 17.7 Å².